The van der Waals surface area contributed by atoms with Crippen molar-refractivity contribution in [3.8, 4) is 11.4 Å². The van der Waals surface area contributed by atoms with Crippen LogP contribution in [0.15, 0.2) is 66.1 Å². The first-order chi connectivity index (χ1) is 15.1. The molecule has 0 spiro atoms. The molecule has 0 atom stereocenters. The van der Waals surface area contributed by atoms with Gasteiger partial charge in [-0.2, -0.15) is 5.10 Å². The molecule has 0 aliphatic heterocycles. The lowest BCUT2D eigenvalue weighted by Crippen LogP contribution is -2.09. The van der Waals surface area contributed by atoms with Gasteiger partial charge in [0.1, 0.15) is 12.4 Å². The molecule has 0 aliphatic carbocycles. The molecule has 0 amide bonds. The first-order valence-corrected chi connectivity index (χ1v) is 10.3. The van der Waals surface area contributed by atoms with Crippen LogP contribution in [-0.4, -0.2) is 39.8 Å². The Bertz CT molecular complexity index is 1010. The number of nitrogens with zero attached hydrogens (tertiary/aromatic N) is 3. The molecule has 7 nitrogen and oxygen atoms in total. The quantitative estimate of drug-likeness (QED) is 0.282. The Morgan fingerprint density at radius 2 is 1.94 bits per heavy atom. The van der Waals surface area contributed by atoms with E-state index in [9.17, 15) is 4.79 Å². The Labute approximate surface area is 181 Å². The Morgan fingerprint density at radius 3 is 2.61 bits per heavy atom. The minimum absolute atomic E-state index is 0.0244. The highest BCUT2D eigenvalue weighted by molar-refractivity contribution is 6.00. The molecule has 31 heavy (non-hydrogen) atoms. The average molecular weight is 421 g/mol. The second-order valence-electron chi connectivity index (χ2n) is 7.08. The van der Waals surface area contributed by atoms with E-state index < -0.39 is 5.97 Å². The van der Waals surface area contributed by atoms with Gasteiger partial charge in [-0.15, -0.1) is 0 Å². The maximum Gasteiger partial charge on any atom is 0.307 e. The van der Waals surface area contributed by atoms with Gasteiger partial charge in [0.05, 0.1) is 17.8 Å². The molecule has 3 aromatic rings. The van der Waals surface area contributed by atoms with Crippen molar-refractivity contribution < 1.29 is 19.5 Å². The molecule has 162 valence electrons. The number of hydrogen-bond donors (Lipinski definition) is 1. The Hall–Kier alpha value is -3.61. The van der Waals surface area contributed by atoms with Crippen molar-refractivity contribution in [3.05, 3.63) is 77.6 Å². The third-order valence-electron chi connectivity index (χ3n) is 4.80. The molecule has 0 radical (unpaired) electrons. The summed E-state index contributed by atoms with van der Waals surface area (Å²) in [5.41, 5.74) is 4.45. The molecular formula is C24H27N3O4. The average Bonchev–Trinajstić information content (AvgIpc) is 3.30. The first-order valence-electron chi connectivity index (χ1n) is 10.3. The van der Waals surface area contributed by atoms with Gasteiger partial charge in [-0.05, 0) is 54.3 Å². The van der Waals surface area contributed by atoms with Gasteiger partial charge in [0.2, 0.25) is 0 Å². The first kappa shape index (κ1) is 22.1. The van der Waals surface area contributed by atoms with Crippen molar-refractivity contribution in [1.82, 2.24) is 9.78 Å². The molecule has 0 saturated heterocycles. The molecule has 1 heterocycles. The van der Waals surface area contributed by atoms with Crippen LogP contribution in [0.2, 0.25) is 0 Å². The minimum Gasteiger partial charge on any atom is -0.490 e. The highest BCUT2D eigenvalue weighted by Crippen LogP contribution is 2.22. The van der Waals surface area contributed by atoms with Crippen LogP contribution in [0.1, 0.15) is 36.5 Å². The topological polar surface area (TPSA) is 85.9 Å². The summed E-state index contributed by atoms with van der Waals surface area (Å²) in [5, 5.41) is 17.6. The summed E-state index contributed by atoms with van der Waals surface area (Å²) in [6.45, 7) is 4.57. The number of carboxylic acids is 1. The number of hydrogen-bond acceptors (Lipinski definition) is 5. The van der Waals surface area contributed by atoms with Crippen LogP contribution in [0.4, 0.5) is 0 Å². The normalized spacial score (nSPS) is 11.4. The monoisotopic (exact) mass is 421 g/mol. The molecule has 2 aromatic carbocycles. The number of carbonyl (C=O) groups is 1. The van der Waals surface area contributed by atoms with Crippen molar-refractivity contribution >= 4 is 11.7 Å². The SMILES string of the molecule is CCCC(=NOCCOc1cccc(CC(=O)O)c1C)c1ccc(-n2cccn2)cc1. The van der Waals surface area contributed by atoms with Crippen LogP contribution < -0.4 is 4.74 Å². The number of aromatic nitrogens is 2. The second kappa shape index (κ2) is 11.0. The summed E-state index contributed by atoms with van der Waals surface area (Å²) in [7, 11) is 0. The summed E-state index contributed by atoms with van der Waals surface area (Å²) in [6, 6.07) is 15.3. The van der Waals surface area contributed by atoms with Crippen LogP contribution in [0.25, 0.3) is 5.69 Å². The summed E-state index contributed by atoms with van der Waals surface area (Å²) in [5.74, 6) is -0.201. The standard InChI is InChI=1S/C24H27N3O4/c1-3-6-22(19-9-11-21(12-10-19)27-14-5-13-25-27)26-31-16-15-30-23-8-4-7-20(18(23)2)17-24(28)29/h4-5,7-14H,3,6,15-17H2,1-2H3,(H,28,29). The van der Waals surface area contributed by atoms with Gasteiger partial charge < -0.3 is 14.7 Å². The molecular weight excluding hydrogens is 394 g/mol. The lowest BCUT2D eigenvalue weighted by atomic mass is 10.1. The predicted octanol–water partition coefficient (Wildman–Crippen LogP) is 4.41. The van der Waals surface area contributed by atoms with E-state index in [1.165, 1.54) is 0 Å². The van der Waals surface area contributed by atoms with Crippen LogP contribution in [0.3, 0.4) is 0 Å². The number of aliphatic carboxylic acids is 1. The molecule has 1 aromatic heterocycles. The smallest absolute Gasteiger partial charge is 0.307 e. The maximum atomic E-state index is 11.0. The van der Waals surface area contributed by atoms with E-state index in [0.717, 1.165) is 40.9 Å². The third-order valence-corrected chi connectivity index (χ3v) is 4.80. The Morgan fingerprint density at radius 1 is 1.13 bits per heavy atom. The van der Waals surface area contributed by atoms with Crippen molar-refractivity contribution in [2.45, 2.75) is 33.1 Å². The fourth-order valence-electron chi connectivity index (χ4n) is 3.19. The molecule has 0 unspecified atom stereocenters. The zero-order valence-electron chi connectivity index (χ0n) is 17.8. The largest absolute Gasteiger partial charge is 0.490 e. The van der Waals surface area contributed by atoms with E-state index in [4.69, 9.17) is 14.7 Å². The fraction of sp³-hybridized carbons (Fsp3) is 0.292. The lowest BCUT2D eigenvalue weighted by molar-refractivity contribution is -0.136. The van der Waals surface area contributed by atoms with Crippen molar-refractivity contribution in [2.24, 2.45) is 5.16 Å². The lowest BCUT2D eigenvalue weighted by Gasteiger charge is -2.12. The highest BCUT2D eigenvalue weighted by Gasteiger charge is 2.09. The minimum atomic E-state index is -0.862. The van der Waals surface area contributed by atoms with Crippen LogP contribution in [0, 0.1) is 6.92 Å². The van der Waals surface area contributed by atoms with E-state index in [-0.39, 0.29) is 6.42 Å². The Kier molecular flexibility index (Phi) is 7.81. The van der Waals surface area contributed by atoms with E-state index >= 15 is 0 Å². The molecule has 1 N–H and O–H groups in total. The van der Waals surface area contributed by atoms with E-state index in [1.807, 2.05) is 54.2 Å². The molecule has 0 aliphatic rings. The van der Waals surface area contributed by atoms with Crippen molar-refractivity contribution in [3.63, 3.8) is 0 Å². The van der Waals surface area contributed by atoms with Gasteiger partial charge in [-0.25, -0.2) is 4.68 Å². The van der Waals surface area contributed by atoms with Crippen molar-refractivity contribution in [2.75, 3.05) is 13.2 Å². The summed E-state index contributed by atoms with van der Waals surface area (Å²) in [6.07, 6.45) is 5.38. The number of benzene rings is 2. The second-order valence-corrected chi connectivity index (χ2v) is 7.08. The van der Waals surface area contributed by atoms with Crippen LogP contribution in [0.5, 0.6) is 5.75 Å². The van der Waals surface area contributed by atoms with Gasteiger partial charge in [0.25, 0.3) is 0 Å². The summed E-state index contributed by atoms with van der Waals surface area (Å²) >= 11 is 0. The number of oxime groups is 1. The summed E-state index contributed by atoms with van der Waals surface area (Å²) < 4.78 is 7.57. The number of carboxylic acid groups (broad SMARTS) is 1. The predicted molar refractivity (Wildman–Crippen MR) is 119 cm³/mol. The zero-order valence-corrected chi connectivity index (χ0v) is 17.8. The van der Waals surface area contributed by atoms with Crippen LogP contribution >= 0.6 is 0 Å². The van der Waals surface area contributed by atoms with Gasteiger partial charge in [-0.1, -0.05) is 42.8 Å². The highest BCUT2D eigenvalue weighted by atomic mass is 16.6. The van der Waals surface area contributed by atoms with Crippen molar-refractivity contribution in [1.29, 1.82) is 0 Å². The zero-order chi connectivity index (χ0) is 22.1. The molecule has 0 bridgehead atoms. The fourth-order valence-corrected chi connectivity index (χ4v) is 3.19. The van der Waals surface area contributed by atoms with E-state index in [0.29, 0.717) is 19.0 Å². The van der Waals surface area contributed by atoms with Gasteiger partial charge in [0, 0.05) is 12.4 Å². The van der Waals surface area contributed by atoms with Gasteiger partial charge in [0.15, 0.2) is 6.61 Å². The molecule has 0 saturated carbocycles. The molecule has 7 heteroatoms. The van der Waals surface area contributed by atoms with Gasteiger partial charge in [-0.3, -0.25) is 4.79 Å². The number of ether oxygens (including phenoxy) is 1. The van der Waals surface area contributed by atoms with E-state index in [2.05, 4.69) is 17.2 Å². The molecule has 0 fully saturated rings. The van der Waals surface area contributed by atoms with Crippen LogP contribution in [-0.2, 0) is 16.1 Å². The molecule has 3 rings (SSSR count). The number of rotatable bonds is 11. The Balaban J connectivity index is 1.56. The van der Waals surface area contributed by atoms with E-state index in [1.54, 1.807) is 18.3 Å². The van der Waals surface area contributed by atoms with Gasteiger partial charge >= 0.3 is 5.97 Å². The maximum absolute atomic E-state index is 11.0. The summed E-state index contributed by atoms with van der Waals surface area (Å²) in [4.78, 5) is 16.5. The third kappa shape index (κ3) is 6.18.